The molecule has 3 N–H and O–H groups in total. The lowest BCUT2D eigenvalue weighted by Crippen LogP contribution is -2.51. The molecule has 6 heteroatoms. The van der Waals surface area contributed by atoms with Gasteiger partial charge in [-0.1, -0.05) is 74.2 Å². The predicted octanol–water partition coefficient (Wildman–Crippen LogP) is 3.43. The molecule has 1 fully saturated rings. The number of carbonyl (C=O) groups is 2. The van der Waals surface area contributed by atoms with Crippen LogP contribution in [-0.2, 0) is 16.0 Å². The number of nitrogens with two attached hydrogens (primary N) is 1. The number of nitrogens with one attached hydrogen (secondary N) is 1. The van der Waals surface area contributed by atoms with Crippen LogP contribution in [0.15, 0.2) is 59.6 Å². The average Bonchev–Trinajstić information content (AvgIpc) is 3.14. The molecule has 168 valence electrons. The molecule has 32 heavy (non-hydrogen) atoms. The van der Waals surface area contributed by atoms with Crippen LogP contribution in [0.2, 0.25) is 0 Å². The Balaban J connectivity index is 1.61. The summed E-state index contributed by atoms with van der Waals surface area (Å²) in [6, 6.07) is 16.8. The summed E-state index contributed by atoms with van der Waals surface area (Å²) < 4.78 is 0. The van der Waals surface area contributed by atoms with Crippen molar-refractivity contribution in [2.75, 3.05) is 11.9 Å². The van der Waals surface area contributed by atoms with E-state index in [-0.39, 0.29) is 17.7 Å². The molecule has 0 aromatic heterocycles. The van der Waals surface area contributed by atoms with Crippen molar-refractivity contribution in [3.05, 3.63) is 65.7 Å². The van der Waals surface area contributed by atoms with Crippen LogP contribution in [0.5, 0.6) is 0 Å². The maximum atomic E-state index is 13.3. The van der Waals surface area contributed by atoms with E-state index in [2.05, 4.69) is 5.32 Å². The number of rotatable bonds is 5. The molecule has 0 saturated heterocycles. The van der Waals surface area contributed by atoms with Crippen molar-refractivity contribution in [2.45, 2.75) is 57.2 Å². The Morgan fingerprint density at radius 3 is 2.44 bits per heavy atom. The maximum Gasteiger partial charge on any atom is 0.272 e. The summed E-state index contributed by atoms with van der Waals surface area (Å²) >= 11 is 0. The van der Waals surface area contributed by atoms with Crippen molar-refractivity contribution < 1.29 is 9.59 Å². The van der Waals surface area contributed by atoms with Gasteiger partial charge in [-0.3, -0.25) is 14.6 Å². The second-order valence-corrected chi connectivity index (χ2v) is 8.82. The summed E-state index contributed by atoms with van der Waals surface area (Å²) in [5.41, 5.74) is 9.92. The van der Waals surface area contributed by atoms with Crippen LogP contribution in [0.1, 0.15) is 49.7 Å². The monoisotopic (exact) mass is 432 g/mol. The number of aliphatic imine (C=N–C) groups is 1. The van der Waals surface area contributed by atoms with Gasteiger partial charge < -0.3 is 16.0 Å². The Kier molecular flexibility index (Phi) is 7.00. The molecule has 0 radical (unpaired) electrons. The molecule has 6 nitrogen and oxygen atoms in total. The van der Waals surface area contributed by atoms with Gasteiger partial charge in [0.05, 0.1) is 17.4 Å². The minimum absolute atomic E-state index is 0.249. The lowest BCUT2D eigenvalue weighted by Gasteiger charge is -2.22. The summed E-state index contributed by atoms with van der Waals surface area (Å²) in [6.45, 7) is 0. The quantitative estimate of drug-likeness (QED) is 0.710. The zero-order chi connectivity index (χ0) is 22.5. The number of carbonyl (C=O) groups excluding carboxylic acids is 2. The zero-order valence-corrected chi connectivity index (χ0v) is 18.7. The van der Waals surface area contributed by atoms with Crippen LogP contribution in [0.25, 0.3) is 0 Å². The maximum absolute atomic E-state index is 13.3. The Hall–Kier alpha value is -2.99. The molecular formula is C26H32N4O2. The molecule has 0 spiro atoms. The fraction of sp³-hybridized carbons (Fsp3) is 0.423. The lowest BCUT2D eigenvalue weighted by atomic mass is 9.89. The number of benzene rings is 2. The van der Waals surface area contributed by atoms with Gasteiger partial charge in [0.25, 0.3) is 5.91 Å². The largest absolute Gasteiger partial charge is 0.325 e. The van der Waals surface area contributed by atoms with Crippen molar-refractivity contribution in [1.29, 1.82) is 0 Å². The minimum atomic E-state index is -0.972. The summed E-state index contributed by atoms with van der Waals surface area (Å²) in [5.74, 6) is -0.327. The number of para-hydroxylation sites is 1. The van der Waals surface area contributed by atoms with Crippen LogP contribution in [0.3, 0.4) is 0 Å². The van der Waals surface area contributed by atoms with Crippen LogP contribution >= 0.6 is 0 Å². The Morgan fingerprint density at radius 2 is 1.72 bits per heavy atom. The molecule has 2 aromatic rings. The molecule has 1 aliphatic heterocycles. The average molecular weight is 433 g/mol. The molecule has 2 unspecified atom stereocenters. The predicted molar refractivity (Wildman–Crippen MR) is 128 cm³/mol. The molecule has 2 aliphatic rings. The second kappa shape index (κ2) is 10.1. The summed E-state index contributed by atoms with van der Waals surface area (Å²) in [7, 11) is 1.75. The number of likely N-dealkylation sites (N-methyl/N-ethyl adjacent to an activating group) is 1. The van der Waals surface area contributed by atoms with Gasteiger partial charge in [0.2, 0.25) is 12.1 Å². The molecule has 0 bridgehead atoms. The first-order valence-corrected chi connectivity index (χ1v) is 11.6. The fourth-order valence-corrected chi connectivity index (χ4v) is 4.72. The highest BCUT2D eigenvalue weighted by molar-refractivity contribution is 6.14. The molecule has 2 aromatic carbocycles. The van der Waals surface area contributed by atoms with Crippen molar-refractivity contribution in [1.82, 2.24) is 5.32 Å². The molecule has 2 atom stereocenters. The number of hydrogen-bond acceptors (Lipinski definition) is 4. The van der Waals surface area contributed by atoms with E-state index in [1.807, 2.05) is 54.6 Å². The van der Waals surface area contributed by atoms with E-state index >= 15 is 0 Å². The van der Waals surface area contributed by atoms with Gasteiger partial charge in [0.1, 0.15) is 0 Å². The number of benzodiazepines with no additional fused rings is 1. The van der Waals surface area contributed by atoms with Gasteiger partial charge in [-0.2, -0.15) is 0 Å². The number of fused-ring (bicyclic) bond motifs is 1. The topological polar surface area (TPSA) is 87.8 Å². The number of hydrogen-bond donors (Lipinski definition) is 2. The van der Waals surface area contributed by atoms with E-state index in [9.17, 15) is 9.59 Å². The van der Waals surface area contributed by atoms with E-state index in [0.29, 0.717) is 6.42 Å². The van der Waals surface area contributed by atoms with Crippen LogP contribution in [-0.4, -0.2) is 36.8 Å². The van der Waals surface area contributed by atoms with Gasteiger partial charge in [-0.15, -0.1) is 0 Å². The third kappa shape index (κ3) is 4.91. The summed E-state index contributed by atoms with van der Waals surface area (Å²) in [6.07, 6.45) is 6.34. The van der Waals surface area contributed by atoms with Crippen molar-refractivity contribution in [3.63, 3.8) is 0 Å². The Bertz CT molecular complexity index is 980. The smallest absolute Gasteiger partial charge is 0.272 e. The van der Waals surface area contributed by atoms with Crippen molar-refractivity contribution in [3.8, 4) is 0 Å². The number of nitrogens with zero attached hydrogens (tertiary/aromatic N) is 2. The van der Waals surface area contributed by atoms with Gasteiger partial charge in [-0.05, 0) is 30.9 Å². The van der Waals surface area contributed by atoms with Gasteiger partial charge >= 0.3 is 0 Å². The highest BCUT2D eigenvalue weighted by Crippen LogP contribution is 2.32. The fourth-order valence-electron chi connectivity index (χ4n) is 4.72. The molecule has 4 rings (SSSR count). The number of amides is 2. The van der Waals surface area contributed by atoms with E-state index in [4.69, 9.17) is 10.7 Å². The third-order valence-corrected chi connectivity index (χ3v) is 6.53. The van der Waals surface area contributed by atoms with Crippen molar-refractivity contribution in [2.24, 2.45) is 16.6 Å². The lowest BCUT2D eigenvalue weighted by molar-refractivity contribution is -0.128. The molecule has 2 amide bonds. The summed E-state index contributed by atoms with van der Waals surface area (Å²) in [4.78, 5) is 32.7. The first-order chi connectivity index (χ1) is 15.5. The summed E-state index contributed by atoms with van der Waals surface area (Å²) in [5, 5.41) is 2.84. The minimum Gasteiger partial charge on any atom is -0.325 e. The van der Waals surface area contributed by atoms with Gasteiger partial charge in [0, 0.05) is 18.5 Å². The highest BCUT2D eigenvalue weighted by atomic mass is 16.2. The zero-order valence-electron chi connectivity index (χ0n) is 18.7. The standard InChI is InChI=1S/C26H32N4O2/c1-30-22-16-10-9-15-20(22)23(19-13-7-2-3-8-14-19)28-24(26(30)32)29-25(31)21(27)17-18-11-5-4-6-12-18/h4-6,9-12,15-16,19,21,24H,2-3,7-8,13-14,17,27H2,1H3,(H,29,31). The van der Waals surface area contributed by atoms with Crippen LogP contribution in [0.4, 0.5) is 5.69 Å². The highest BCUT2D eigenvalue weighted by Gasteiger charge is 2.33. The molecule has 1 saturated carbocycles. The first-order valence-electron chi connectivity index (χ1n) is 11.6. The normalized spacial score (nSPS) is 20.6. The second-order valence-electron chi connectivity index (χ2n) is 8.82. The number of anilines is 1. The van der Waals surface area contributed by atoms with E-state index in [1.165, 1.54) is 12.8 Å². The van der Waals surface area contributed by atoms with Gasteiger partial charge in [-0.25, -0.2) is 0 Å². The van der Waals surface area contributed by atoms with Crippen molar-refractivity contribution >= 4 is 23.2 Å². The van der Waals surface area contributed by atoms with Crippen LogP contribution < -0.4 is 16.0 Å². The molecule has 1 heterocycles. The SMILES string of the molecule is CN1C(=O)C(NC(=O)C(N)Cc2ccccc2)N=C(C2CCCCCC2)c2ccccc21. The first kappa shape index (κ1) is 22.2. The van der Waals surface area contributed by atoms with Crippen LogP contribution in [0, 0.1) is 5.92 Å². The molecular weight excluding hydrogens is 400 g/mol. The Morgan fingerprint density at radius 1 is 1.06 bits per heavy atom. The van der Waals surface area contributed by atoms with E-state index in [1.54, 1.807) is 11.9 Å². The Labute approximate surface area is 189 Å². The van der Waals surface area contributed by atoms with E-state index in [0.717, 1.165) is 48.2 Å². The third-order valence-electron chi connectivity index (χ3n) is 6.53. The van der Waals surface area contributed by atoms with E-state index < -0.39 is 12.2 Å². The molecule has 1 aliphatic carbocycles. The van der Waals surface area contributed by atoms with Gasteiger partial charge in [0.15, 0.2) is 0 Å².